The molecule has 2 aromatic rings. The van der Waals surface area contributed by atoms with Gasteiger partial charge in [0.15, 0.2) is 4.34 Å². The van der Waals surface area contributed by atoms with Crippen molar-refractivity contribution in [3.63, 3.8) is 0 Å². The summed E-state index contributed by atoms with van der Waals surface area (Å²) in [5.74, 6) is -0.0711. The van der Waals surface area contributed by atoms with Gasteiger partial charge in [0.2, 0.25) is 11.1 Å². The van der Waals surface area contributed by atoms with E-state index in [-0.39, 0.29) is 11.2 Å². The first-order chi connectivity index (χ1) is 9.58. The van der Waals surface area contributed by atoms with E-state index >= 15 is 0 Å². The van der Waals surface area contributed by atoms with Gasteiger partial charge < -0.3 is 5.32 Å². The fourth-order valence-corrected chi connectivity index (χ4v) is 3.79. The van der Waals surface area contributed by atoms with Crippen molar-refractivity contribution in [3.8, 4) is 0 Å². The van der Waals surface area contributed by atoms with Crippen molar-refractivity contribution in [1.29, 1.82) is 0 Å². The quantitative estimate of drug-likeness (QED) is 0.829. The molecule has 1 heterocycles. The Labute approximate surface area is 134 Å². The number of rotatable bonds is 5. The number of amides is 1. The largest absolute Gasteiger partial charge is 0.325 e. The maximum Gasteiger partial charge on any atom is 0.237 e. The minimum atomic E-state index is -0.242. The molecule has 2 rings (SSSR count). The van der Waals surface area contributed by atoms with E-state index in [1.54, 1.807) is 24.3 Å². The molecule has 4 nitrogen and oxygen atoms in total. The second-order valence-electron chi connectivity index (χ2n) is 3.80. The normalized spacial score (nSPS) is 12.2. The highest BCUT2D eigenvalue weighted by molar-refractivity contribution is 8.02. The summed E-state index contributed by atoms with van der Waals surface area (Å²) in [4.78, 5) is 16.4. The van der Waals surface area contributed by atoms with Crippen LogP contribution in [0.5, 0.6) is 0 Å². The molecular weight excluding hydrogens is 334 g/mol. The molecule has 0 saturated heterocycles. The number of thioether (sulfide) groups is 2. The first kappa shape index (κ1) is 15.6. The highest BCUT2D eigenvalue weighted by atomic mass is 35.5. The number of aromatic nitrogens is 2. The van der Waals surface area contributed by atoms with Crippen LogP contribution in [0.15, 0.2) is 33.8 Å². The summed E-state index contributed by atoms with van der Waals surface area (Å²) in [5, 5.41) is 3.98. The number of hydrogen-bond donors (Lipinski definition) is 1. The number of halogens is 1. The third kappa shape index (κ3) is 4.37. The van der Waals surface area contributed by atoms with E-state index in [0.29, 0.717) is 5.02 Å². The minimum Gasteiger partial charge on any atom is -0.325 e. The van der Waals surface area contributed by atoms with Gasteiger partial charge in [0.25, 0.3) is 0 Å². The van der Waals surface area contributed by atoms with Crippen molar-refractivity contribution < 1.29 is 4.79 Å². The maximum atomic E-state index is 12.1. The Hall–Kier alpha value is -0.760. The van der Waals surface area contributed by atoms with Crippen LogP contribution in [0.1, 0.15) is 6.92 Å². The lowest BCUT2D eigenvalue weighted by Crippen LogP contribution is -2.22. The van der Waals surface area contributed by atoms with Crippen molar-refractivity contribution in [2.24, 2.45) is 0 Å². The van der Waals surface area contributed by atoms with E-state index < -0.39 is 0 Å². The molecule has 20 heavy (non-hydrogen) atoms. The van der Waals surface area contributed by atoms with Gasteiger partial charge in [-0.15, -0.1) is 0 Å². The third-order valence-corrected chi connectivity index (χ3v) is 5.13. The van der Waals surface area contributed by atoms with Gasteiger partial charge in [0.05, 0.1) is 5.25 Å². The molecule has 0 bridgehead atoms. The zero-order valence-electron chi connectivity index (χ0n) is 10.8. The summed E-state index contributed by atoms with van der Waals surface area (Å²) in [7, 11) is 0. The third-order valence-electron chi connectivity index (χ3n) is 2.33. The van der Waals surface area contributed by atoms with Crippen LogP contribution >= 0.6 is 46.7 Å². The lowest BCUT2D eigenvalue weighted by Gasteiger charge is -2.10. The van der Waals surface area contributed by atoms with Crippen molar-refractivity contribution in [2.45, 2.75) is 21.7 Å². The Balaban J connectivity index is 1.93. The van der Waals surface area contributed by atoms with Crippen molar-refractivity contribution >= 4 is 58.3 Å². The first-order valence-corrected chi connectivity index (χ1v) is 8.95. The van der Waals surface area contributed by atoms with Gasteiger partial charge in [-0.05, 0) is 49.0 Å². The van der Waals surface area contributed by atoms with E-state index in [9.17, 15) is 4.79 Å². The van der Waals surface area contributed by atoms with E-state index in [2.05, 4.69) is 14.7 Å². The Morgan fingerprint density at radius 2 is 2.10 bits per heavy atom. The Morgan fingerprint density at radius 1 is 1.40 bits per heavy atom. The number of nitrogens with one attached hydrogen (secondary N) is 1. The molecule has 106 valence electrons. The van der Waals surface area contributed by atoms with Gasteiger partial charge in [-0.1, -0.05) is 35.1 Å². The molecule has 0 saturated carbocycles. The van der Waals surface area contributed by atoms with Gasteiger partial charge in [-0.25, -0.2) is 4.98 Å². The fourth-order valence-electron chi connectivity index (χ4n) is 1.31. The summed E-state index contributed by atoms with van der Waals surface area (Å²) in [6, 6.07) is 7.03. The lowest BCUT2D eigenvalue weighted by molar-refractivity contribution is -0.115. The SMILES string of the molecule is CSc1nsc(S[C@H](C)C(=O)Nc2ccc(Cl)cc2)n1. The molecule has 1 aromatic carbocycles. The van der Waals surface area contributed by atoms with Crippen LogP contribution in [0, 0.1) is 0 Å². The molecule has 0 aliphatic carbocycles. The smallest absolute Gasteiger partial charge is 0.237 e. The van der Waals surface area contributed by atoms with Crippen LogP contribution in [-0.4, -0.2) is 26.8 Å². The molecule has 0 aliphatic heterocycles. The molecule has 0 aliphatic rings. The summed E-state index contributed by atoms with van der Waals surface area (Å²) < 4.78 is 4.97. The number of anilines is 1. The average Bonchev–Trinajstić information content (AvgIpc) is 2.89. The predicted molar refractivity (Wildman–Crippen MR) is 87.1 cm³/mol. The molecule has 1 N–H and O–H groups in total. The Morgan fingerprint density at radius 3 is 2.70 bits per heavy atom. The first-order valence-electron chi connectivity index (χ1n) is 5.69. The number of carbonyl (C=O) groups is 1. The zero-order chi connectivity index (χ0) is 14.5. The highest BCUT2D eigenvalue weighted by Gasteiger charge is 2.17. The van der Waals surface area contributed by atoms with E-state index in [0.717, 1.165) is 15.2 Å². The molecule has 0 fully saturated rings. The summed E-state index contributed by atoms with van der Waals surface area (Å²) in [6.45, 7) is 1.84. The van der Waals surface area contributed by atoms with E-state index in [1.165, 1.54) is 35.1 Å². The average molecular weight is 346 g/mol. The molecule has 1 amide bonds. The van der Waals surface area contributed by atoms with Gasteiger partial charge in [0, 0.05) is 10.7 Å². The topological polar surface area (TPSA) is 54.9 Å². The molecule has 1 atom stereocenters. The monoisotopic (exact) mass is 345 g/mol. The molecule has 0 unspecified atom stereocenters. The summed E-state index contributed by atoms with van der Waals surface area (Å²) >= 11 is 10.0. The number of carbonyl (C=O) groups excluding carboxylic acids is 1. The zero-order valence-corrected chi connectivity index (χ0v) is 14.0. The summed E-state index contributed by atoms with van der Waals surface area (Å²) in [6.07, 6.45) is 1.92. The van der Waals surface area contributed by atoms with Gasteiger partial charge >= 0.3 is 0 Å². The Kier molecular flexibility index (Phi) is 5.71. The maximum absolute atomic E-state index is 12.1. The van der Waals surface area contributed by atoms with E-state index in [1.807, 2.05) is 13.2 Å². The lowest BCUT2D eigenvalue weighted by atomic mass is 10.3. The van der Waals surface area contributed by atoms with Gasteiger partial charge in [-0.3, -0.25) is 4.79 Å². The van der Waals surface area contributed by atoms with Crippen LogP contribution in [0.4, 0.5) is 5.69 Å². The number of hydrogen-bond acceptors (Lipinski definition) is 6. The summed E-state index contributed by atoms with van der Waals surface area (Å²) in [5.41, 5.74) is 0.730. The molecule has 8 heteroatoms. The van der Waals surface area contributed by atoms with Crippen LogP contribution < -0.4 is 5.32 Å². The molecule has 0 radical (unpaired) electrons. The standard InChI is InChI=1S/C12H12ClN3OS3/c1-7(19-12-15-11(18-2)16-20-12)10(17)14-9-5-3-8(13)4-6-9/h3-7H,1-2H3,(H,14,17)/t7-/m1/s1. The van der Waals surface area contributed by atoms with Crippen molar-refractivity contribution in [2.75, 3.05) is 11.6 Å². The van der Waals surface area contributed by atoms with Crippen molar-refractivity contribution in [3.05, 3.63) is 29.3 Å². The van der Waals surface area contributed by atoms with Crippen molar-refractivity contribution in [1.82, 2.24) is 9.36 Å². The predicted octanol–water partition coefficient (Wildman–Crippen LogP) is 4.03. The molecule has 1 aromatic heterocycles. The molecule has 0 spiro atoms. The van der Waals surface area contributed by atoms with Gasteiger partial charge in [-0.2, -0.15) is 4.37 Å². The van der Waals surface area contributed by atoms with E-state index in [4.69, 9.17) is 11.6 Å². The number of benzene rings is 1. The minimum absolute atomic E-state index is 0.0711. The van der Waals surface area contributed by atoms with Gasteiger partial charge in [0.1, 0.15) is 0 Å². The van der Waals surface area contributed by atoms with Crippen LogP contribution in [-0.2, 0) is 4.79 Å². The van der Waals surface area contributed by atoms with Crippen LogP contribution in [0.25, 0.3) is 0 Å². The highest BCUT2D eigenvalue weighted by Crippen LogP contribution is 2.27. The fraction of sp³-hybridized carbons (Fsp3) is 0.250. The molecular formula is C12H12ClN3OS3. The number of nitrogens with zero attached hydrogens (tertiary/aromatic N) is 2. The van der Waals surface area contributed by atoms with Crippen LogP contribution in [0.3, 0.4) is 0 Å². The second kappa shape index (κ2) is 7.31. The second-order valence-corrected chi connectivity index (χ2v) is 7.35. The Bertz CT molecular complexity index is 588. The van der Waals surface area contributed by atoms with Crippen LogP contribution in [0.2, 0.25) is 5.02 Å².